The fourth-order valence-electron chi connectivity index (χ4n) is 0.991. The van der Waals surface area contributed by atoms with E-state index in [1.54, 1.807) is 14.0 Å². The number of carbonyl (C=O) groups is 1. The Labute approximate surface area is 74.6 Å². The zero-order valence-corrected chi connectivity index (χ0v) is 8.33. The SMILES string of the molecule is COC(C/C=C(\C)C=O)C(C)C. The van der Waals surface area contributed by atoms with Crippen LogP contribution in [0.1, 0.15) is 27.2 Å². The summed E-state index contributed by atoms with van der Waals surface area (Å²) >= 11 is 0. The van der Waals surface area contributed by atoms with Crippen LogP contribution < -0.4 is 0 Å². The molecule has 0 amide bonds. The maximum atomic E-state index is 10.3. The first-order valence-electron chi connectivity index (χ1n) is 4.26. The Kier molecular flexibility index (Phi) is 5.64. The number of allylic oxidation sites excluding steroid dienone is 1. The van der Waals surface area contributed by atoms with E-state index >= 15 is 0 Å². The van der Waals surface area contributed by atoms with Crippen LogP contribution in [0, 0.1) is 5.92 Å². The third-order valence-electron chi connectivity index (χ3n) is 1.90. The average molecular weight is 170 g/mol. The molecule has 70 valence electrons. The summed E-state index contributed by atoms with van der Waals surface area (Å²) in [5.41, 5.74) is 0.776. The quantitative estimate of drug-likeness (QED) is 0.467. The first kappa shape index (κ1) is 11.4. The summed E-state index contributed by atoms with van der Waals surface area (Å²) in [6, 6.07) is 0. The van der Waals surface area contributed by atoms with E-state index in [0.29, 0.717) is 5.92 Å². The van der Waals surface area contributed by atoms with E-state index < -0.39 is 0 Å². The number of carbonyl (C=O) groups excluding carboxylic acids is 1. The fraction of sp³-hybridized carbons (Fsp3) is 0.700. The number of methoxy groups -OCH3 is 1. The molecule has 0 spiro atoms. The molecule has 1 unspecified atom stereocenters. The van der Waals surface area contributed by atoms with Crippen molar-refractivity contribution in [2.75, 3.05) is 7.11 Å². The molecule has 0 heterocycles. The highest BCUT2D eigenvalue weighted by atomic mass is 16.5. The molecule has 0 radical (unpaired) electrons. The zero-order chi connectivity index (χ0) is 9.56. The van der Waals surface area contributed by atoms with Crippen molar-refractivity contribution in [1.29, 1.82) is 0 Å². The summed E-state index contributed by atoms with van der Waals surface area (Å²) in [6.07, 6.45) is 3.83. The zero-order valence-electron chi connectivity index (χ0n) is 8.33. The minimum absolute atomic E-state index is 0.222. The lowest BCUT2D eigenvalue weighted by Crippen LogP contribution is -2.16. The molecule has 2 heteroatoms. The predicted molar refractivity (Wildman–Crippen MR) is 50.1 cm³/mol. The topological polar surface area (TPSA) is 26.3 Å². The summed E-state index contributed by atoms with van der Waals surface area (Å²) in [7, 11) is 1.70. The second-order valence-corrected chi connectivity index (χ2v) is 3.32. The molecule has 2 nitrogen and oxygen atoms in total. The van der Waals surface area contributed by atoms with Crippen LogP contribution >= 0.6 is 0 Å². The van der Waals surface area contributed by atoms with Crippen molar-refractivity contribution in [2.24, 2.45) is 5.92 Å². The molecule has 0 aliphatic heterocycles. The van der Waals surface area contributed by atoms with E-state index in [0.717, 1.165) is 18.3 Å². The van der Waals surface area contributed by atoms with Crippen LogP contribution in [-0.4, -0.2) is 19.5 Å². The van der Waals surface area contributed by atoms with Gasteiger partial charge in [-0.1, -0.05) is 19.9 Å². The van der Waals surface area contributed by atoms with Gasteiger partial charge in [-0.05, 0) is 24.8 Å². The van der Waals surface area contributed by atoms with Crippen LogP contribution in [0.2, 0.25) is 0 Å². The monoisotopic (exact) mass is 170 g/mol. The maximum absolute atomic E-state index is 10.3. The maximum Gasteiger partial charge on any atom is 0.145 e. The van der Waals surface area contributed by atoms with Crippen molar-refractivity contribution < 1.29 is 9.53 Å². The Hall–Kier alpha value is -0.630. The summed E-state index contributed by atoms with van der Waals surface area (Å²) in [5.74, 6) is 0.491. The average Bonchev–Trinajstić information content (AvgIpc) is 2.04. The second-order valence-electron chi connectivity index (χ2n) is 3.32. The van der Waals surface area contributed by atoms with Gasteiger partial charge >= 0.3 is 0 Å². The molecule has 0 saturated heterocycles. The molecule has 0 aliphatic rings. The molecule has 0 aromatic rings. The first-order valence-corrected chi connectivity index (χ1v) is 4.26. The Morgan fingerprint density at radius 2 is 2.08 bits per heavy atom. The molecule has 0 aromatic heterocycles. The van der Waals surface area contributed by atoms with Gasteiger partial charge in [0.05, 0.1) is 6.10 Å². The van der Waals surface area contributed by atoms with E-state index in [4.69, 9.17) is 4.74 Å². The molecule has 0 aromatic carbocycles. The van der Waals surface area contributed by atoms with Gasteiger partial charge in [-0.25, -0.2) is 0 Å². The van der Waals surface area contributed by atoms with Crippen molar-refractivity contribution in [3.63, 3.8) is 0 Å². The van der Waals surface area contributed by atoms with Gasteiger partial charge in [0.15, 0.2) is 0 Å². The van der Waals surface area contributed by atoms with Crippen LogP contribution in [0.3, 0.4) is 0 Å². The minimum Gasteiger partial charge on any atom is -0.381 e. The van der Waals surface area contributed by atoms with Crippen molar-refractivity contribution in [2.45, 2.75) is 33.3 Å². The van der Waals surface area contributed by atoms with E-state index in [1.807, 2.05) is 6.08 Å². The van der Waals surface area contributed by atoms with Gasteiger partial charge in [0.1, 0.15) is 6.29 Å². The van der Waals surface area contributed by atoms with Crippen molar-refractivity contribution in [3.8, 4) is 0 Å². The van der Waals surface area contributed by atoms with E-state index in [-0.39, 0.29) is 6.10 Å². The highest BCUT2D eigenvalue weighted by molar-refractivity contribution is 5.71. The van der Waals surface area contributed by atoms with Crippen LogP contribution in [0.5, 0.6) is 0 Å². The van der Waals surface area contributed by atoms with Crippen molar-refractivity contribution >= 4 is 6.29 Å². The fourth-order valence-corrected chi connectivity index (χ4v) is 0.991. The highest BCUT2D eigenvalue weighted by Crippen LogP contribution is 2.10. The van der Waals surface area contributed by atoms with Gasteiger partial charge in [0.2, 0.25) is 0 Å². The third kappa shape index (κ3) is 4.29. The Bertz CT molecular complexity index is 159. The lowest BCUT2D eigenvalue weighted by atomic mass is 10.0. The van der Waals surface area contributed by atoms with Gasteiger partial charge in [0, 0.05) is 7.11 Å². The number of rotatable bonds is 5. The van der Waals surface area contributed by atoms with Crippen LogP contribution in [-0.2, 0) is 9.53 Å². The Morgan fingerprint density at radius 3 is 2.42 bits per heavy atom. The number of hydrogen-bond donors (Lipinski definition) is 0. The number of hydrogen-bond acceptors (Lipinski definition) is 2. The Morgan fingerprint density at radius 1 is 1.50 bits per heavy atom. The van der Waals surface area contributed by atoms with E-state index in [9.17, 15) is 4.79 Å². The Balaban J connectivity index is 3.95. The summed E-state index contributed by atoms with van der Waals surface area (Å²) in [5, 5.41) is 0. The molecule has 0 rings (SSSR count). The molecular weight excluding hydrogens is 152 g/mol. The lowest BCUT2D eigenvalue weighted by molar-refractivity contribution is -0.104. The standard InChI is InChI=1S/C10H18O2/c1-8(2)10(12-4)6-5-9(3)7-11/h5,7-8,10H,6H2,1-4H3/b9-5+. The summed E-state index contributed by atoms with van der Waals surface area (Å²) in [6.45, 7) is 6.02. The minimum atomic E-state index is 0.222. The lowest BCUT2D eigenvalue weighted by Gasteiger charge is -2.16. The van der Waals surface area contributed by atoms with Crippen molar-refractivity contribution in [3.05, 3.63) is 11.6 Å². The van der Waals surface area contributed by atoms with E-state index in [1.165, 1.54) is 0 Å². The van der Waals surface area contributed by atoms with Gasteiger partial charge in [-0.3, -0.25) is 4.79 Å². The molecule has 0 saturated carbocycles. The molecule has 0 fully saturated rings. The predicted octanol–water partition coefficient (Wildman–Crippen LogP) is 2.19. The molecule has 0 bridgehead atoms. The molecule has 12 heavy (non-hydrogen) atoms. The first-order chi connectivity index (χ1) is 5.61. The normalized spacial score (nSPS) is 14.9. The summed E-state index contributed by atoms with van der Waals surface area (Å²) < 4.78 is 5.25. The third-order valence-corrected chi connectivity index (χ3v) is 1.90. The van der Waals surface area contributed by atoms with Gasteiger partial charge in [-0.2, -0.15) is 0 Å². The van der Waals surface area contributed by atoms with Crippen LogP contribution in [0.15, 0.2) is 11.6 Å². The van der Waals surface area contributed by atoms with Gasteiger partial charge in [-0.15, -0.1) is 0 Å². The molecule has 0 aliphatic carbocycles. The second kappa shape index (κ2) is 5.95. The number of ether oxygens (including phenoxy) is 1. The van der Waals surface area contributed by atoms with Gasteiger partial charge < -0.3 is 4.74 Å². The molecule has 0 N–H and O–H groups in total. The van der Waals surface area contributed by atoms with E-state index in [2.05, 4.69) is 13.8 Å². The largest absolute Gasteiger partial charge is 0.381 e. The summed E-state index contributed by atoms with van der Waals surface area (Å²) in [4.78, 5) is 10.3. The molecule has 1 atom stereocenters. The molecular formula is C10H18O2. The smallest absolute Gasteiger partial charge is 0.145 e. The van der Waals surface area contributed by atoms with Crippen LogP contribution in [0.25, 0.3) is 0 Å². The number of aldehydes is 1. The van der Waals surface area contributed by atoms with Crippen molar-refractivity contribution in [1.82, 2.24) is 0 Å². The van der Waals surface area contributed by atoms with Crippen LogP contribution in [0.4, 0.5) is 0 Å². The highest BCUT2D eigenvalue weighted by Gasteiger charge is 2.09. The van der Waals surface area contributed by atoms with Gasteiger partial charge in [0.25, 0.3) is 0 Å².